The van der Waals surface area contributed by atoms with E-state index in [1.165, 1.54) is 12.1 Å². The number of nitrogens with one attached hydrogen (secondary N) is 3. The third kappa shape index (κ3) is 5.42. The number of anilines is 2. The molecule has 2 aromatic rings. The molecule has 12 heteroatoms. The molecule has 2 amide bonds. The molecule has 8 nitrogen and oxygen atoms in total. The maximum absolute atomic E-state index is 13.5. The molecule has 0 atom stereocenters. The number of alkyl halides is 3. The van der Waals surface area contributed by atoms with Gasteiger partial charge >= 0.3 is 12.2 Å². The molecular formula is C16H19BrF3N7O. The number of nitrogens with zero attached hydrogens (tertiary/aromatic N) is 4. The lowest BCUT2D eigenvalue weighted by Gasteiger charge is -2.33. The zero-order valence-corrected chi connectivity index (χ0v) is 16.6. The summed E-state index contributed by atoms with van der Waals surface area (Å²) in [5, 5.41) is 10.9. The quantitative estimate of drug-likeness (QED) is 0.651. The van der Waals surface area contributed by atoms with Crippen LogP contribution in [0.1, 0.15) is 11.1 Å². The Labute approximate surface area is 167 Å². The summed E-state index contributed by atoms with van der Waals surface area (Å²) in [6.07, 6.45) is -4.52. The molecule has 2 heterocycles. The summed E-state index contributed by atoms with van der Waals surface area (Å²) in [6.45, 7) is 3.27. The first-order chi connectivity index (χ1) is 13.2. The topological polar surface area (TPSA) is 89.2 Å². The molecule has 0 spiro atoms. The van der Waals surface area contributed by atoms with Crippen molar-refractivity contribution in [2.75, 3.05) is 43.9 Å². The van der Waals surface area contributed by atoms with Gasteiger partial charge in [-0.1, -0.05) is 6.07 Å². The molecule has 3 N–H and O–H groups in total. The van der Waals surface area contributed by atoms with Gasteiger partial charge in [-0.2, -0.15) is 18.2 Å². The number of hydrogen-bond donors (Lipinski definition) is 3. The average molecular weight is 462 g/mol. The maximum atomic E-state index is 13.5. The van der Waals surface area contributed by atoms with Crippen molar-refractivity contribution in [3.63, 3.8) is 0 Å². The lowest BCUT2D eigenvalue weighted by Crippen LogP contribution is -2.44. The van der Waals surface area contributed by atoms with E-state index in [0.29, 0.717) is 17.8 Å². The minimum Gasteiger partial charge on any atom is -0.308 e. The number of H-pyrrole nitrogens is 1. The number of urea groups is 1. The second-order valence-corrected chi connectivity index (χ2v) is 7.23. The van der Waals surface area contributed by atoms with Crippen molar-refractivity contribution in [2.24, 2.45) is 0 Å². The highest BCUT2D eigenvalue weighted by Gasteiger charge is 2.34. The van der Waals surface area contributed by atoms with Gasteiger partial charge in [0.15, 0.2) is 4.73 Å². The van der Waals surface area contributed by atoms with Crippen molar-refractivity contribution in [1.82, 2.24) is 25.0 Å². The van der Waals surface area contributed by atoms with Gasteiger partial charge in [-0.15, -0.1) is 5.10 Å². The maximum Gasteiger partial charge on any atom is 0.416 e. The largest absolute Gasteiger partial charge is 0.416 e. The fourth-order valence-corrected chi connectivity index (χ4v) is 3.12. The van der Waals surface area contributed by atoms with Crippen molar-refractivity contribution in [3.05, 3.63) is 34.1 Å². The monoisotopic (exact) mass is 461 g/mol. The fourth-order valence-electron chi connectivity index (χ4n) is 2.86. The number of carbonyl (C=O) groups is 1. The summed E-state index contributed by atoms with van der Waals surface area (Å²) in [5.41, 5.74) is -0.549. The van der Waals surface area contributed by atoms with Gasteiger partial charge in [0.2, 0.25) is 0 Å². The number of benzene rings is 1. The second-order valence-electron chi connectivity index (χ2n) is 6.48. The number of rotatable bonds is 4. The number of aromatic amines is 1. The van der Waals surface area contributed by atoms with Crippen molar-refractivity contribution in [2.45, 2.75) is 12.7 Å². The lowest BCUT2D eigenvalue weighted by molar-refractivity contribution is -0.138. The van der Waals surface area contributed by atoms with Crippen molar-refractivity contribution in [1.29, 1.82) is 0 Å². The highest BCUT2D eigenvalue weighted by molar-refractivity contribution is 9.10. The molecule has 1 aromatic heterocycles. The van der Waals surface area contributed by atoms with E-state index in [4.69, 9.17) is 0 Å². The Kier molecular flexibility index (Phi) is 6.20. The first kappa shape index (κ1) is 20.6. The summed E-state index contributed by atoms with van der Waals surface area (Å²) >= 11 is 3.04. The molecule has 1 aromatic carbocycles. The predicted molar refractivity (Wildman–Crippen MR) is 101 cm³/mol. The Morgan fingerprint density at radius 1 is 1.25 bits per heavy atom. The number of amides is 2. The van der Waals surface area contributed by atoms with Gasteiger partial charge in [-0.25, -0.2) is 4.79 Å². The van der Waals surface area contributed by atoms with Crippen LogP contribution < -0.4 is 10.6 Å². The summed E-state index contributed by atoms with van der Waals surface area (Å²) in [5.74, 6) is -0.00731. The highest BCUT2D eigenvalue weighted by Crippen LogP contribution is 2.34. The second kappa shape index (κ2) is 8.45. The van der Waals surface area contributed by atoms with Gasteiger partial charge in [0.05, 0.1) is 5.56 Å². The van der Waals surface area contributed by atoms with Crippen LogP contribution in [0.2, 0.25) is 0 Å². The van der Waals surface area contributed by atoms with Crippen molar-refractivity contribution >= 4 is 33.6 Å². The molecule has 0 saturated carbocycles. The number of hydrogen-bond acceptors (Lipinski definition) is 5. The molecule has 1 aliphatic rings. The Balaban J connectivity index is 1.71. The van der Waals surface area contributed by atoms with Crippen LogP contribution in [-0.2, 0) is 12.7 Å². The minimum absolute atomic E-state index is 0.00731. The Morgan fingerprint density at radius 2 is 1.96 bits per heavy atom. The van der Waals surface area contributed by atoms with Crippen LogP contribution in [-0.4, -0.2) is 64.2 Å². The molecule has 0 bridgehead atoms. The third-order valence-electron chi connectivity index (χ3n) is 4.35. The first-order valence-electron chi connectivity index (χ1n) is 8.47. The lowest BCUT2D eigenvalue weighted by atomic mass is 10.0. The SMILES string of the molecule is CN1CCN(Cc2ccc(NC(=O)Nc3n[nH]c(Br)n3)cc2C(F)(F)F)CC1. The van der Waals surface area contributed by atoms with E-state index >= 15 is 0 Å². The number of halogens is 4. The minimum atomic E-state index is -4.52. The third-order valence-corrected chi connectivity index (χ3v) is 4.70. The van der Waals surface area contributed by atoms with Gasteiger partial charge in [-0.3, -0.25) is 15.3 Å². The number of aromatic nitrogens is 3. The zero-order chi connectivity index (χ0) is 20.3. The normalized spacial score (nSPS) is 16.2. The van der Waals surface area contributed by atoms with Crippen LogP contribution in [0, 0.1) is 0 Å². The summed E-state index contributed by atoms with van der Waals surface area (Å²) < 4.78 is 41.0. The van der Waals surface area contributed by atoms with Crippen LogP contribution >= 0.6 is 15.9 Å². The van der Waals surface area contributed by atoms with Crippen LogP contribution in [0.25, 0.3) is 0 Å². The van der Waals surface area contributed by atoms with E-state index in [9.17, 15) is 18.0 Å². The first-order valence-corrected chi connectivity index (χ1v) is 9.27. The molecule has 28 heavy (non-hydrogen) atoms. The van der Waals surface area contributed by atoms with E-state index < -0.39 is 17.8 Å². The smallest absolute Gasteiger partial charge is 0.308 e. The molecule has 1 saturated heterocycles. The fraction of sp³-hybridized carbons (Fsp3) is 0.438. The average Bonchev–Trinajstić information content (AvgIpc) is 3.02. The molecule has 152 valence electrons. The molecule has 1 aliphatic heterocycles. The van der Waals surface area contributed by atoms with Crippen LogP contribution in [0.3, 0.4) is 0 Å². The van der Waals surface area contributed by atoms with Crippen molar-refractivity contribution in [3.8, 4) is 0 Å². The van der Waals surface area contributed by atoms with E-state index in [1.54, 1.807) is 0 Å². The summed E-state index contributed by atoms with van der Waals surface area (Å²) in [6, 6.07) is 3.05. The molecule has 3 rings (SSSR count). The summed E-state index contributed by atoms with van der Waals surface area (Å²) in [4.78, 5) is 19.9. The predicted octanol–water partition coefficient (Wildman–Crippen LogP) is 2.98. The molecule has 0 aliphatic carbocycles. The van der Waals surface area contributed by atoms with E-state index in [2.05, 4.69) is 46.6 Å². The van der Waals surface area contributed by atoms with Crippen LogP contribution in [0.15, 0.2) is 22.9 Å². The van der Waals surface area contributed by atoms with E-state index in [0.717, 1.165) is 19.2 Å². The Morgan fingerprint density at radius 3 is 2.57 bits per heavy atom. The van der Waals surface area contributed by atoms with E-state index in [1.807, 2.05) is 11.9 Å². The highest BCUT2D eigenvalue weighted by atomic mass is 79.9. The standard InChI is InChI=1S/C16H19BrF3N7O/c1-26-4-6-27(7-5-26)9-10-2-3-11(8-12(10)16(18,19)20)21-15(28)23-14-22-13(17)24-25-14/h2-3,8H,4-7,9H2,1H3,(H3,21,22,23,24,25,28). The molecule has 0 radical (unpaired) electrons. The zero-order valence-electron chi connectivity index (χ0n) is 15.0. The molecule has 1 fully saturated rings. The number of carbonyl (C=O) groups excluding carboxylic acids is 1. The van der Waals surface area contributed by atoms with Crippen LogP contribution in [0.4, 0.5) is 29.6 Å². The molecular weight excluding hydrogens is 443 g/mol. The van der Waals surface area contributed by atoms with Gasteiger partial charge in [0, 0.05) is 38.4 Å². The Bertz CT molecular complexity index is 834. The van der Waals surface area contributed by atoms with Crippen molar-refractivity contribution < 1.29 is 18.0 Å². The van der Waals surface area contributed by atoms with Crippen LogP contribution in [0.5, 0.6) is 0 Å². The van der Waals surface area contributed by atoms with Gasteiger partial charge < -0.3 is 10.2 Å². The van der Waals surface area contributed by atoms with Gasteiger partial charge in [0.1, 0.15) is 0 Å². The number of likely N-dealkylation sites (N-methyl/N-ethyl adjacent to an activating group) is 1. The van der Waals surface area contributed by atoms with E-state index in [-0.39, 0.29) is 23.7 Å². The van der Waals surface area contributed by atoms with Gasteiger partial charge in [-0.05, 0) is 40.7 Å². The Hall–Kier alpha value is -2.18. The summed E-state index contributed by atoms with van der Waals surface area (Å²) in [7, 11) is 1.99. The number of piperazine rings is 1. The molecule has 0 unspecified atom stereocenters. The van der Waals surface area contributed by atoms with Gasteiger partial charge in [0.25, 0.3) is 5.95 Å².